The van der Waals surface area contributed by atoms with Gasteiger partial charge in [-0.15, -0.1) is 0 Å². The van der Waals surface area contributed by atoms with E-state index in [9.17, 15) is 4.79 Å². The van der Waals surface area contributed by atoms with Gasteiger partial charge in [0, 0.05) is 6.54 Å². The molecule has 0 bridgehead atoms. The first-order chi connectivity index (χ1) is 10.3. The molecule has 106 valence electrons. The standard InChI is InChI=1S/C15H14N4O2/c20-15-10-4-1-2-5-12(10)19-9-16-11(8-17-21)14(19)13-6-3-7-18(13)15/h1-2,4-5,8-9,13,21H,3,6-7H2/t13-/m0/s1. The van der Waals surface area contributed by atoms with Crippen molar-refractivity contribution in [2.45, 2.75) is 18.9 Å². The molecule has 1 saturated heterocycles. The molecule has 1 fully saturated rings. The van der Waals surface area contributed by atoms with E-state index in [-0.39, 0.29) is 11.9 Å². The van der Waals surface area contributed by atoms with Gasteiger partial charge < -0.3 is 10.1 Å². The summed E-state index contributed by atoms with van der Waals surface area (Å²) >= 11 is 0. The van der Waals surface area contributed by atoms with Gasteiger partial charge in [-0.25, -0.2) is 4.98 Å². The molecule has 0 unspecified atom stereocenters. The van der Waals surface area contributed by atoms with Gasteiger partial charge in [0.1, 0.15) is 12.0 Å². The Morgan fingerprint density at radius 3 is 3.10 bits per heavy atom. The van der Waals surface area contributed by atoms with E-state index < -0.39 is 0 Å². The van der Waals surface area contributed by atoms with Crippen molar-refractivity contribution in [2.24, 2.45) is 5.16 Å². The first kappa shape index (κ1) is 12.1. The highest BCUT2D eigenvalue weighted by molar-refractivity contribution is 5.99. The number of aromatic nitrogens is 2. The van der Waals surface area contributed by atoms with E-state index in [2.05, 4.69) is 10.1 Å². The number of rotatable bonds is 1. The summed E-state index contributed by atoms with van der Waals surface area (Å²) in [5.74, 6) is 0.0590. The van der Waals surface area contributed by atoms with Crippen molar-refractivity contribution >= 4 is 12.1 Å². The van der Waals surface area contributed by atoms with Gasteiger partial charge in [0.15, 0.2) is 0 Å². The lowest BCUT2D eigenvalue weighted by molar-refractivity contribution is 0.0738. The number of imidazole rings is 1. The van der Waals surface area contributed by atoms with Crippen LogP contribution in [0.4, 0.5) is 0 Å². The van der Waals surface area contributed by atoms with Gasteiger partial charge in [0.2, 0.25) is 0 Å². The normalized spacial score (nSPS) is 20.3. The SMILES string of the molecule is O=C1c2ccccc2-n2cnc(C=NO)c2[C@@H]2CCCN12. The fourth-order valence-electron chi connectivity index (χ4n) is 3.36. The molecule has 0 radical (unpaired) electrons. The van der Waals surface area contributed by atoms with Crippen molar-refractivity contribution in [3.05, 3.63) is 47.5 Å². The van der Waals surface area contributed by atoms with Gasteiger partial charge in [-0.2, -0.15) is 0 Å². The fourth-order valence-corrected chi connectivity index (χ4v) is 3.36. The second-order valence-corrected chi connectivity index (χ2v) is 5.30. The molecule has 1 aromatic heterocycles. The second kappa shape index (κ2) is 4.44. The van der Waals surface area contributed by atoms with E-state index in [1.807, 2.05) is 33.7 Å². The number of oxime groups is 1. The summed E-state index contributed by atoms with van der Waals surface area (Å²) in [6.45, 7) is 0.749. The van der Waals surface area contributed by atoms with Crippen LogP contribution in [0.2, 0.25) is 0 Å². The number of carbonyl (C=O) groups excluding carboxylic acids is 1. The zero-order chi connectivity index (χ0) is 14.4. The largest absolute Gasteiger partial charge is 0.411 e. The minimum absolute atomic E-state index is 0.0135. The summed E-state index contributed by atoms with van der Waals surface area (Å²) in [6, 6.07) is 7.54. The monoisotopic (exact) mass is 282 g/mol. The van der Waals surface area contributed by atoms with Crippen molar-refractivity contribution in [2.75, 3.05) is 6.54 Å². The van der Waals surface area contributed by atoms with Gasteiger partial charge in [0.25, 0.3) is 5.91 Å². The van der Waals surface area contributed by atoms with Crippen molar-refractivity contribution in [3.8, 4) is 5.69 Å². The van der Waals surface area contributed by atoms with Crippen LogP contribution >= 0.6 is 0 Å². The molecular weight excluding hydrogens is 268 g/mol. The molecule has 0 aliphatic carbocycles. The molecule has 21 heavy (non-hydrogen) atoms. The number of para-hydroxylation sites is 1. The number of amides is 1. The highest BCUT2D eigenvalue weighted by Gasteiger charge is 2.38. The van der Waals surface area contributed by atoms with E-state index in [0.717, 1.165) is 30.8 Å². The molecule has 4 rings (SSSR count). The maximum atomic E-state index is 12.8. The number of benzene rings is 1. The molecule has 3 heterocycles. The third-order valence-corrected chi connectivity index (χ3v) is 4.24. The molecule has 1 amide bonds. The average molecular weight is 282 g/mol. The van der Waals surface area contributed by atoms with E-state index in [4.69, 9.17) is 5.21 Å². The summed E-state index contributed by atoms with van der Waals surface area (Å²) in [6.07, 6.45) is 4.90. The van der Waals surface area contributed by atoms with Crippen LogP contribution in [-0.4, -0.2) is 38.3 Å². The fraction of sp³-hybridized carbons (Fsp3) is 0.267. The first-order valence-electron chi connectivity index (χ1n) is 6.96. The predicted molar refractivity (Wildman–Crippen MR) is 76.0 cm³/mol. The molecule has 1 aromatic carbocycles. The number of hydrogen-bond donors (Lipinski definition) is 1. The lowest BCUT2D eigenvalue weighted by Gasteiger charge is -2.22. The Hall–Kier alpha value is -2.63. The van der Waals surface area contributed by atoms with Crippen molar-refractivity contribution in [1.29, 1.82) is 0 Å². The Morgan fingerprint density at radius 1 is 1.38 bits per heavy atom. The second-order valence-electron chi connectivity index (χ2n) is 5.30. The van der Waals surface area contributed by atoms with E-state index in [0.29, 0.717) is 11.3 Å². The molecule has 2 aromatic rings. The highest BCUT2D eigenvalue weighted by Crippen LogP contribution is 2.39. The lowest BCUT2D eigenvalue weighted by Crippen LogP contribution is -2.29. The molecular formula is C15H14N4O2. The number of fused-ring (bicyclic) bond motifs is 5. The van der Waals surface area contributed by atoms with E-state index >= 15 is 0 Å². The number of nitrogens with zero attached hydrogens (tertiary/aromatic N) is 4. The average Bonchev–Trinajstić information content (AvgIpc) is 3.11. The summed E-state index contributed by atoms with van der Waals surface area (Å²) < 4.78 is 1.94. The molecule has 2 aliphatic rings. The van der Waals surface area contributed by atoms with Crippen LogP contribution < -0.4 is 0 Å². The van der Waals surface area contributed by atoms with Crippen LogP contribution in [0.3, 0.4) is 0 Å². The van der Waals surface area contributed by atoms with E-state index in [1.54, 1.807) is 6.33 Å². The molecule has 0 saturated carbocycles. The van der Waals surface area contributed by atoms with Crippen molar-refractivity contribution < 1.29 is 10.0 Å². The lowest BCUT2D eigenvalue weighted by atomic mass is 10.1. The molecule has 6 nitrogen and oxygen atoms in total. The van der Waals surface area contributed by atoms with Crippen molar-refractivity contribution in [3.63, 3.8) is 0 Å². The van der Waals surface area contributed by atoms with Gasteiger partial charge in [-0.3, -0.25) is 9.36 Å². The smallest absolute Gasteiger partial charge is 0.256 e. The van der Waals surface area contributed by atoms with Crippen LogP contribution in [0.5, 0.6) is 0 Å². The highest BCUT2D eigenvalue weighted by atomic mass is 16.4. The van der Waals surface area contributed by atoms with Gasteiger partial charge in [-0.1, -0.05) is 17.3 Å². The first-order valence-corrected chi connectivity index (χ1v) is 6.96. The zero-order valence-corrected chi connectivity index (χ0v) is 11.3. The summed E-state index contributed by atoms with van der Waals surface area (Å²) in [4.78, 5) is 19.0. The maximum absolute atomic E-state index is 12.8. The van der Waals surface area contributed by atoms with Gasteiger partial charge >= 0.3 is 0 Å². The minimum atomic E-state index is -0.0135. The summed E-state index contributed by atoms with van der Waals surface area (Å²) in [7, 11) is 0. The Morgan fingerprint density at radius 2 is 2.24 bits per heavy atom. The maximum Gasteiger partial charge on any atom is 0.256 e. The molecule has 2 aliphatic heterocycles. The van der Waals surface area contributed by atoms with Crippen LogP contribution in [0, 0.1) is 0 Å². The Balaban J connectivity index is 2.03. The third-order valence-electron chi connectivity index (χ3n) is 4.24. The Kier molecular flexibility index (Phi) is 2.57. The Labute approximate surface area is 121 Å². The van der Waals surface area contributed by atoms with Crippen LogP contribution in [0.25, 0.3) is 5.69 Å². The topological polar surface area (TPSA) is 70.7 Å². The van der Waals surface area contributed by atoms with E-state index in [1.165, 1.54) is 6.21 Å². The minimum Gasteiger partial charge on any atom is -0.411 e. The number of hydrogen-bond acceptors (Lipinski definition) is 4. The van der Waals surface area contributed by atoms with Crippen LogP contribution in [-0.2, 0) is 0 Å². The number of carbonyl (C=O) groups is 1. The molecule has 0 spiro atoms. The predicted octanol–water partition coefficient (Wildman–Crippen LogP) is 1.97. The van der Waals surface area contributed by atoms with Gasteiger partial charge in [-0.05, 0) is 25.0 Å². The van der Waals surface area contributed by atoms with Gasteiger partial charge in [0.05, 0.1) is 29.2 Å². The Bertz CT molecular complexity index is 750. The third kappa shape index (κ3) is 1.62. The summed E-state index contributed by atoms with van der Waals surface area (Å²) in [5.41, 5.74) is 3.05. The molecule has 1 atom stereocenters. The molecule has 1 N–H and O–H groups in total. The molecule has 6 heteroatoms. The quantitative estimate of drug-likeness (QED) is 0.494. The van der Waals surface area contributed by atoms with Crippen molar-refractivity contribution in [1.82, 2.24) is 14.5 Å². The summed E-state index contributed by atoms with van der Waals surface area (Å²) in [5, 5.41) is 11.9. The van der Waals surface area contributed by atoms with Crippen LogP contribution in [0.1, 0.15) is 40.6 Å². The zero-order valence-electron chi connectivity index (χ0n) is 11.3. The van der Waals surface area contributed by atoms with Crippen LogP contribution in [0.15, 0.2) is 35.7 Å².